The van der Waals surface area contributed by atoms with Gasteiger partial charge in [0.15, 0.2) is 5.78 Å². The zero-order valence-electron chi connectivity index (χ0n) is 19.7. The molecule has 4 nitrogen and oxygen atoms in total. The number of aromatic hydroxyl groups is 1. The first-order chi connectivity index (χ1) is 16.1. The summed E-state index contributed by atoms with van der Waals surface area (Å²) >= 11 is 0. The maximum Gasteiger partial charge on any atom is 0.163 e. The molecule has 1 saturated heterocycles. The molecular weight excluding hydrogens is 410 g/mol. The quantitative estimate of drug-likeness (QED) is 0.552. The van der Waals surface area contributed by atoms with Gasteiger partial charge >= 0.3 is 0 Å². The Morgan fingerprint density at radius 3 is 2.64 bits per heavy atom. The Morgan fingerprint density at radius 2 is 1.88 bits per heavy atom. The molecule has 1 N–H and O–H groups in total. The number of phenols is 1. The van der Waals surface area contributed by atoms with Crippen LogP contribution < -0.4 is 4.74 Å². The van der Waals surface area contributed by atoms with E-state index in [2.05, 4.69) is 24.0 Å². The number of unbranched alkanes of at least 4 members (excludes halogenated alkanes) is 1. The minimum absolute atomic E-state index is 0.000278. The summed E-state index contributed by atoms with van der Waals surface area (Å²) < 4.78 is 6.00. The molecule has 1 atom stereocenters. The summed E-state index contributed by atoms with van der Waals surface area (Å²) in [6.45, 7) is 6.26. The van der Waals surface area contributed by atoms with Gasteiger partial charge in [0.25, 0.3) is 0 Å². The average molecular weight is 446 g/mol. The number of allylic oxidation sites excluding steroid dienone is 2. The van der Waals surface area contributed by atoms with Crippen LogP contribution in [0.15, 0.2) is 42.5 Å². The van der Waals surface area contributed by atoms with Crippen LogP contribution in [0.5, 0.6) is 11.5 Å². The molecule has 0 radical (unpaired) electrons. The Labute approximate surface area is 197 Å². The van der Waals surface area contributed by atoms with Crippen LogP contribution in [-0.2, 0) is 11.2 Å². The Balaban J connectivity index is 1.46. The third-order valence-electron chi connectivity index (χ3n) is 7.80. The number of nitrogens with zero attached hydrogens (tertiary/aromatic N) is 1. The van der Waals surface area contributed by atoms with Crippen LogP contribution in [0, 0.1) is 5.41 Å². The molecule has 0 amide bonds. The first-order valence-corrected chi connectivity index (χ1v) is 12.7. The zero-order valence-corrected chi connectivity index (χ0v) is 19.7. The van der Waals surface area contributed by atoms with E-state index in [1.807, 2.05) is 24.3 Å². The van der Waals surface area contributed by atoms with Crippen LogP contribution in [-0.4, -0.2) is 42.0 Å². The molecule has 33 heavy (non-hydrogen) atoms. The monoisotopic (exact) mass is 445 g/mol. The van der Waals surface area contributed by atoms with Crippen LogP contribution in [0.25, 0.3) is 11.1 Å². The van der Waals surface area contributed by atoms with Crippen LogP contribution in [0.1, 0.15) is 68.6 Å². The highest BCUT2D eigenvalue weighted by Crippen LogP contribution is 2.58. The average Bonchev–Trinajstić information content (AvgIpc) is 3.44. The van der Waals surface area contributed by atoms with Crippen molar-refractivity contribution in [1.82, 2.24) is 4.90 Å². The first kappa shape index (κ1) is 22.2. The minimum atomic E-state index is 0.000278. The van der Waals surface area contributed by atoms with Crippen molar-refractivity contribution in [2.75, 3.05) is 26.2 Å². The van der Waals surface area contributed by atoms with Gasteiger partial charge in [0.05, 0.1) is 0 Å². The summed E-state index contributed by atoms with van der Waals surface area (Å²) in [6.07, 6.45) is 8.38. The Bertz CT molecular complexity index is 1050. The van der Waals surface area contributed by atoms with E-state index < -0.39 is 0 Å². The SMILES string of the molecule is CCCCC12CCC(=O)C(c3ccc(OCCN4CCCC4)cc3)=C1c1ccc(O)cc1C2. The Kier molecular flexibility index (Phi) is 6.29. The summed E-state index contributed by atoms with van der Waals surface area (Å²) in [7, 11) is 0. The number of likely N-dealkylation sites (tertiary alicyclic amines) is 1. The highest BCUT2D eigenvalue weighted by molar-refractivity contribution is 6.30. The van der Waals surface area contributed by atoms with Crippen molar-refractivity contribution >= 4 is 16.9 Å². The number of ketones is 1. The maximum absolute atomic E-state index is 13.3. The van der Waals surface area contributed by atoms with Crippen molar-refractivity contribution in [3.05, 3.63) is 59.2 Å². The molecular formula is C29H35NO3. The van der Waals surface area contributed by atoms with Crippen molar-refractivity contribution in [3.8, 4) is 11.5 Å². The number of Topliss-reactive ketones (excluding diaryl/α,β-unsaturated/α-hetero) is 1. The number of rotatable bonds is 8. The minimum Gasteiger partial charge on any atom is -0.508 e. The fourth-order valence-electron chi connectivity index (χ4n) is 6.11. The van der Waals surface area contributed by atoms with Gasteiger partial charge in [0, 0.05) is 24.0 Å². The highest BCUT2D eigenvalue weighted by Gasteiger charge is 2.46. The lowest BCUT2D eigenvalue weighted by Crippen LogP contribution is -2.28. The highest BCUT2D eigenvalue weighted by atomic mass is 16.5. The molecule has 1 aliphatic heterocycles. The second-order valence-electron chi connectivity index (χ2n) is 10.00. The van der Waals surface area contributed by atoms with Gasteiger partial charge in [0.2, 0.25) is 0 Å². The fourth-order valence-corrected chi connectivity index (χ4v) is 6.11. The predicted molar refractivity (Wildman–Crippen MR) is 132 cm³/mol. The van der Waals surface area contributed by atoms with E-state index in [0.717, 1.165) is 61.1 Å². The van der Waals surface area contributed by atoms with Gasteiger partial charge in [-0.3, -0.25) is 9.69 Å². The predicted octanol–water partition coefficient (Wildman–Crippen LogP) is 5.87. The zero-order chi connectivity index (χ0) is 22.8. The van der Waals surface area contributed by atoms with Gasteiger partial charge in [-0.2, -0.15) is 0 Å². The van der Waals surface area contributed by atoms with Crippen LogP contribution >= 0.6 is 0 Å². The molecule has 2 aliphatic carbocycles. The standard InChI is InChI=1S/C29H35NO3/c1-2-3-13-29-14-12-26(32)27(28(29)25-11-8-23(31)19-22(25)20-29)21-6-9-24(10-7-21)33-18-17-30-15-4-5-16-30/h6-11,19,31H,2-5,12-18,20H2,1H3. The van der Waals surface area contributed by atoms with Gasteiger partial charge in [-0.05, 0) is 91.7 Å². The Hall–Kier alpha value is -2.59. The van der Waals surface area contributed by atoms with Gasteiger partial charge in [0.1, 0.15) is 18.1 Å². The smallest absolute Gasteiger partial charge is 0.163 e. The molecule has 5 rings (SSSR count). The number of phenolic OH excluding ortho intramolecular Hbond substituents is 1. The molecule has 2 aromatic carbocycles. The van der Waals surface area contributed by atoms with Crippen LogP contribution in [0.4, 0.5) is 0 Å². The lowest BCUT2D eigenvalue weighted by Gasteiger charge is -2.36. The molecule has 2 aromatic rings. The van der Waals surface area contributed by atoms with Crippen molar-refractivity contribution in [2.45, 2.75) is 58.3 Å². The van der Waals surface area contributed by atoms with Crippen LogP contribution in [0.2, 0.25) is 0 Å². The van der Waals surface area contributed by atoms with Gasteiger partial charge in [-0.15, -0.1) is 0 Å². The van der Waals surface area contributed by atoms with Crippen LogP contribution in [0.3, 0.4) is 0 Å². The number of carbonyl (C=O) groups excluding carboxylic acids is 1. The third-order valence-corrected chi connectivity index (χ3v) is 7.80. The number of carbonyl (C=O) groups is 1. The van der Waals surface area contributed by atoms with Crippen molar-refractivity contribution in [1.29, 1.82) is 0 Å². The van der Waals surface area contributed by atoms with E-state index in [4.69, 9.17) is 4.74 Å². The van der Waals surface area contributed by atoms with Crippen molar-refractivity contribution in [3.63, 3.8) is 0 Å². The van der Waals surface area contributed by atoms with Gasteiger partial charge < -0.3 is 9.84 Å². The summed E-state index contributed by atoms with van der Waals surface area (Å²) in [5.74, 6) is 1.41. The first-order valence-electron chi connectivity index (χ1n) is 12.7. The molecule has 4 heteroatoms. The van der Waals surface area contributed by atoms with E-state index in [1.54, 1.807) is 6.07 Å². The summed E-state index contributed by atoms with van der Waals surface area (Å²) in [5.41, 5.74) is 5.41. The number of benzene rings is 2. The molecule has 0 saturated carbocycles. The topological polar surface area (TPSA) is 49.8 Å². The normalized spacial score (nSPS) is 22.5. The molecule has 3 aliphatic rings. The maximum atomic E-state index is 13.3. The second kappa shape index (κ2) is 9.34. The fraction of sp³-hybridized carbons (Fsp3) is 0.483. The number of hydrogen-bond acceptors (Lipinski definition) is 4. The van der Waals surface area contributed by atoms with Crippen molar-refractivity contribution < 1.29 is 14.6 Å². The number of ether oxygens (including phenoxy) is 1. The molecule has 1 fully saturated rings. The number of fused-ring (bicyclic) bond motifs is 3. The Morgan fingerprint density at radius 1 is 1.09 bits per heavy atom. The van der Waals surface area contributed by atoms with Crippen molar-refractivity contribution in [2.24, 2.45) is 5.41 Å². The molecule has 0 spiro atoms. The molecule has 0 aromatic heterocycles. The molecule has 1 unspecified atom stereocenters. The van der Waals surface area contributed by atoms with E-state index in [9.17, 15) is 9.90 Å². The molecule has 0 bridgehead atoms. The van der Waals surface area contributed by atoms with Gasteiger partial charge in [-0.1, -0.05) is 38.0 Å². The van der Waals surface area contributed by atoms with E-state index in [0.29, 0.717) is 18.8 Å². The largest absolute Gasteiger partial charge is 0.508 e. The number of hydrogen-bond donors (Lipinski definition) is 1. The molecule has 1 heterocycles. The second-order valence-corrected chi connectivity index (χ2v) is 10.00. The van der Waals surface area contributed by atoms with E-state index >= 15 is 0 Å². The third kappa shape index (κ3) is 4.33. The molecule has 174 valence electrons. The summed E-state index contributed by atoms with van der Waals surface area (Å²) in [5, 5.41) is 10.1. The lowest BCUT2D eigenvalue weighted by atomic mass is 9.66. The van der Waals surface area contributed by atoms with Gasteiger partial charge in [-0.25, -0.2) is 0 Å². The van der Waals surface area contributed by atoms with E-state index in [-0.39, 0.29) is 11.2 Å². The summed E-state index contributed by atoms with van der Waals surface area (Å²) in [4.78, 5) is 15.7. The summed E-state index contributed by atoms with van der Waals surface area (Å²) in [6, 6.07) is 13.8. The lowest BCUT2D eigenvalue weighted by molar-refractivity contribution is -0.114. The van der Waals surface area contributed by atoms with E-state index in [1.165, 1.54) is 37.1 Å².